The van der Waals surface area contributed by atoms with Crippen molar-refractivity contribution >= 4 is 11.8 Å². The fourth-order valence-corrected chi connectivity index (χ4v) is 2.25. The van der Waals surface area contributed by atoms with Crippen LogP contribution in [0.4, 0.5) is 0 Å². The highest BCUT2D eigenvalue weighted by Gasteiger charge is 2.12. The number of nitrogens with one attached hydrogen (secondary N) is 2. The molecule has 0 atom stereocenters. The average molecular weight is 341 g/mol. The number of ether oxygens (including phenoxy) is 1. The summed E-state index contributed by atoms with van der Waals surface area (Å²) in [7, 11) is 1.62. The van der Waals surface area contributed by atoms with Crippen LogP contribution in [-0.2, 0) is 6.42 Å². The van der Waals surface area contributed by atoms with Crippen LogP contribution in [0.2, 0.25) is 0 Å². The van der Waals surface area contributed by atoms with Gasteiger partial charge in [-0.3, -0.25) is 14.6 Å². The Bertz CT molecular complexity index is 727. The molecule has 0 spiro atoms. The quantitative estimate of drug-likeness (QED) is 0.809. The Morgan fingerprint density at radius 2 is 1.84 bits per heavy atom. The lowest BCUT2D eigenvalue weighted by Crippen LogP contribution is -2.31. The van der Waals surface area contributed by atoms with Crippen LogP contribution in [0.15, 0.2) is 42.6 Å². The molecule has 6 heteroatoms. The summed E-state index contributed by atoms with van der Waals surface area (Å²) in [5.41, 5.74) is 1.75. The highest BCUT2D eigenvalue weighted by molar-refractivity contribution is 5.98. The standard InChI is InChI=1S/C19H23N3O3/c1-13(2)22-19(24)17-12-15(9-11-20-17)18(23)21-10-8-14-4-6-16(25-3)7-5-14/h4-7,9,11-13H,8,10H2,1-3H3,(H,21,23)(H,22,24). The number of hydrogen-bond donors (Lipinski definition) is 2. The summed E-state index contributed by atoms with van der Waals surface area (Å²) in [4.78, 5) is 28.2. The molecule has 0 saturated heterocycles. The molecule has 0 fully saturated rings. The smallest absolute Gasteiger partial charge is 0.270 e. The summed E-state index contributed by atoms with van der Waals surface area (Å²) in [5, 5.41) is 5.61. The van der Waals surface area contributed by atoms with Crippen molar-refractivity contribution < 1.29 is 14.3 Å². The van der Waals surface area contributed by atoms with Crippen LogP contribution in [0.1, 0.15) is 40.3 Å². The summed E-state index contributed by atoms with van der Waals surface area (Å²) in [6.07, 6.45) is 2.18. The van der Waals surface area contributed by atoms with Crippen molar-refractivity contribution in [3.8, 4) is 5.75 Å². The van der Waals surface area contributed by atoms with Gasteiger partial charge in [0, 0.05) is 24.3 Å². The van der Waals surface area contributed by atoms with Gasteiger partial charge in [-0.1, -0.05) is 12.1 Å². The predicted octanol–water partition coefficient (Wildman–Crippen LogP) is 2.20. The average Bonchev–Trinajstić information content (AvgIpc) is 2.61. The molecule has 0 saturated carbocycles. The van der Waals surface area contributed by atoms with E-state index in [1.54, 1.807) is 13.2 Å². The van der Waals surface area contributed by atoms with E-state index in [4.69, 9.17) is 4.74 Å². The monoisotopic (exact) mass is 341 g/mol. The van der Waals surface area contributed by atoms with Crippen LogP contribution in [-0.4, -0.2) is 36.5 Å². The van der Waals surface area contributed by atoms with Crippen molar-refractivity contribution in [1.29, 1.82) is 0 Å². The zero-order valence-corrected chi connectivity index (χ0v) is 14.7. The minimum absolute atomic E-state index is 0.0104. The summed E-state index contributed by atoms with van der Waals surface area (Å²) in [6.45, 7) is 4.24. The van der Waals surface area contributed by atoms with Gasteiger partial charge in [-0.05, 0) is 50.1 Å². The van der Waals surface area contributed by atoms with Crippen LogP contribution in [0.5, 0.6) is 5.75 Å². The van der Waals surface area contributed by atoms with Crippen LogP contribution in [0.3, 0.4) is 0 Å². The van der Waals surface area contributed by atoms with Gasteiger partial charge in [-0.25, -0.2) is 0 Å². The van der Waals surface area contributed by atoms with E-state index in [9.17, 15) is 9.59 Å². The first-order chi connectivity index (χ1) is 12.0. The first-order valence-corrected chi connectivity index (χ1v) is 8.17. The summed E-state index contributed by atoms with van der Waals surface area (Å²) < 4.78 is 5.12. The fourth-order valence-electron chi connectivity index (χ4n) is 2.25. The lowest BCUT2D eigenvalue weighted by Gasteiger charge is -2.09. The van der Waals surface area contributed by atoms with Crippen LogP contribution in [0.25, 0.3) is 0 Å². The summed E-state index contributed by atoms with van der Waals surface area (Å²) in [5.74, 6) is 0.286. The van der Waals surface area contributed by atoms with E-state index in [2.05, 4.69) is 15.6 Å². The third-order valence-electron chi connectivity index (χ3n) is 3.53. The van der Waals surface area contributed by atoms with E-state index in [1.807, 2.05) is 38.1 Å². The number of methoxy groups -OCH3 is 1. The number of amides is 2. The maximum absolute atomic E-state index is 12.2. The normalized spacial score (nSPS) is 10.4. The van der Waals surface area contributed by atoms with Gasteiger partial charge >= 0.3 is 0 Å². The van der Waals surface area contributed by atoms with Crippen molar-refractivity contribution in [1.82, 2.24) is 15.6 Å². The van der Waals surface area contributed by atoms with Crippen LogP contribution < -0.4 is 15.4 Å². The van der Waals surface area contributed by atoms with E-state index >= 15 is 0 Å². The Balaban J connectivity index is 1.90. The van der Waals surface area contributed by atoms with Gasteiger partial charge in [-0.15, -0.1) is 0 Å². The second-order valence-corrected chi connectivity index (χ2v) is 5.91. The topological polar surface area (TPSA) is 80.3 Å². The van der Waals surface area contributed by atoms with E-state index in [0.29, 0.717) is 18.5 Å². The van der Waals surface area contributed by atoms with Crippen LogP contribution in [0, 0.1) is 0 Å². The highest BCUT2D eigenvalue weighted by Crippen LogP contribution is 2.11. The van der Waals surface area contributed by atoms with Gasteiger partial charge in [0.25, 0.3) is 11.8 Å². The van der Waals surface area contributed by atoms with E-state index in [-0.39, 0.29) is 23.6 Å². The summed E-state index contributed by atoms with van der Waals surface area (Å²) >= 11 is 0. The number of rotatable bonds is 7. The summed E-state index contributed by atoms with van der Waals surface area (Å²) in [6, 6.07) is 10.8. The minimum atomic E-state index is -0.289. The Labute approximate surface area is 147 Å². The van der Waals surface area contributed by atoms with Gasteiger partial charge in [0.1, 0.15) is 11.4 Å². The molecule has 6 nitrogen and oxygen atoms in total. The van der Waals surface area contributed by atoms with Gasteiger partial charge in [0.2, 0.25) is 0 Å². The molecule has 1 aromatic carbocycles. The molecule has 0 aliphatic heterocycles. The molecule has 0 unspecified atom stereocenters. The van der Waals surface area contributed by atoms with Crippen molar-refractivity contribution in [2.75, 3.05) is 13.7 Å². The second-order valence-electron chi connectivity index (χ2n) is 5.91. The SMILES string of the molecule is COc1ccc(CCNC(=O)c2ccnc(C(=O)NC(C)C)c2)cc1. The molecule has 25 heavy (non-hydrogen) atoms. The zero-order valence-electron chi connectivity index (χ0n) is 14.7. The van der Waals surface area contributed by atoms with Crippen molar-refractivity contribution in [2.24, 2.45) is 0 Å². The molecule has 0 bridgehead atoms. The fraction of sp³-hybridized carbons (Fsp3) is 0.316. The first kappa shape index (κ1) is 18.4. The van der Waals surface area contributed by atoms with Crippen LogP contribution >= 0.6 is 0 Å². The number of benzene rings is 1. The molecular formula is C19H23N3O3. The molecule has 1 aromatic heterocycles. The Morgan fingerprint density at radius 3 is 2.48 bits per heavy atom. The molecule has 0 radical (unpaired) electrons. The third-order valence-corrected chi connectivity index (χ3v) is 3.53. The second kappa shape index (κ2) is 8.82. The molecule has 1 heterocycles. The lowest BCUT2D eigenvalue weighted by molar-refractivity contribution is 0.0938. The molecule has 2 amide bonds. The molecule has 0 aliphatic rings. The van der Waals surface area contributed by atoms with E-state index in [0.717, 1.165) is 11.3 Å². The number of nitrogens with zero attached hydrogens (tertiary/aromatic N) is 1. The number of hydrogen-bond acceptors (Lipinski definition) is 4. The molecule has 0 aliphatic carbocycles. The molecule has 132 valence electrons. The Kier molecular flexibility index (Phi) is 6.51. The van der Waals surface area contributed by atoms with Gasteiger partial charge in [0.15, 0.2) is 0 Å². The van der Waals surface area contributed by atoms with E-state index in [1.165, 1.54) is 12.3 Å². The van der Waals surface area contributed by atoms with Crippen molar-refractivity contribution in [3.05, 3.63) is 59.4 Å². The largest absolute Gasteiger partial charge is 0.497 e. The highest BCUT2D eigenvalue weighted by atomic mass is 16.5. The number of pyridine rings is 1. The maximum Gasteiger partial charge on any atom is 0.270 e. The molecule has 2 aromatic rings. The number of carbonyl (C=O) groups is 2. The maximum atomic E-state index is 12.2. The number of aromatic nitrogens is 1. The Hall–Kier alpha value is -2.89. The van der Waals surface area contributed by atoms with Crippen molar-refractivity contribution in [3.63, 3.8) is 0 Å². The number of carbonyl (C=O) groups excluding carboxylic acids is 2. The molecule has 2 rings (SSSR count). The van der Waals surface area contributed by atoms with Gasteiger partial charge in [-0.2, -0.15) is 0 Å². The lowest BCUT2D eigenvalue weighted by atomic mass is 10.1. The molecule has 2 N–H and O–H groups in total. The zero-order chi connectivity index (χ0) is 18.2. The minimum Gasteiger partial charge on any atom is -0.497 e. The van der Waals surface area contributed by atoms with Gasteiger partial charge in [0.05, 0.1) is 7.11 Å². The predicted molar refractivity (Wildman–Crippen MR) is 95.9 cm³/mol. The molecular weight excluding hydrogens is 318 g/mol. The third kappa shape index (κ3) is 5.60. The Morgan fingerprint density at radius 1 is 1.12 bits per heavy atom. The van der Waals surface area contributed by atoms with Crippen molar-refractivity contribution in [2.45, 2.75) is 26.3 Å². The van der Waals surface area contributed by atoms with Gasteiger partial charge < -0.3 is 15.4 Å². The first-order valence-electron chi connectivity index (χ1n) is 8.17. The van der Waals surface area contributed by atoms with E-state index < -0.39 is 0 Å².